The van der Waals surface area contributed by atoms with Crippen LogP contribution >= 0.6 is 0 Å². The summed E-state index contributed by atoms with van der Waals surface area (Å²) in [5.41, 5.74) is 2.53. The first-order valence-electron chi connectivity index (χ1n) is 13.8. The predicted molar refractivity (Wildman–Crippen MR) is 151 cm³/mol. The maximum Gasteiger partial charge on any atom is 0.269 e. The highest BCUT2D eigenvalue weighted by Crippen LogP contribution is 2.25. The van der Waals surface area contributed by atoms with Crippen LogP contribution in [0.4, 0.5) is 5.69 Å². The third-order valence-corrected chi connectivity index (χ3v) is 7.31. The summed E-state index contributed by atoms with van der Waals surface area (Å²) in [7, 11) is 0. The Morgan fingerprint density at radius 1 is 0.974 bits per heavy atom. The summed E-state index contributed by atoms with van der Waals surface area (Å²) in [5.74, 6) is -0.195. The number of benzene rings is 2. The van der Waals surface area contributed by atoms with Crippen LogP contribution in [0, 0.1) is 16.0 Å². The van der Waals surface area contributed by atoms with Gasteiger partial charge in [-0.1, -0.05) is 63.4 Å². The summed E-state index contributed by atoms with van der Waals surface area (Å²) in [6.45, 7) is 5.64. The summed E-state index contributed by atoms with van der Waals surface area (Å²) in [4.78, 5) is 41.5. The first-order valence-corrected chi connectivity index (χ1v) is 13.8. The van der Waals surface area contributed by atoms with Crippen LogP contribution in [0.15, 0.2) is 72.9 Å². The van der Waals surface area contributed by atoms with Gasteiger partial charge in [-0.2, -0.15) is 0 Å². The Morgan fingerprint density at radius 2 is 1.67 bits per heavy atom. The molecule has 2 aromatic carbocycles. The van der Waals surface area contributed by atoms with Crippen LogP contribution in [0.2, 0.25) is 0 Å². The number of non-ortho nitro benzene ring substituents is 1. The van der Waals surface area contributed by atoms with Crippen molar-refractivity contribution in [2.24, 2.45) is 5.92 Å². The molecule has 0 spiro atoms. The van der Waals surface area contributed by atoms with E-state index in [1.807, 2.05) is 43.0 Å². The molecule has 0 saturated heterocycles. The van der Waals surface area contributed by atoms with Crippen LogP contribution in [0.5, 0.6) is 0 Å². The van der Waals surface area contributed by atoms with Crippen molar-refractivity contribution < 1.29 is 14.5 Å². The highest BCUT2D eigenvalue weighted by molar-refractivity contribution is 5.96. The molecule has 8 heteroatoms. The third kappa shape index (κ3) is 7.56. The second-order valence-electron chi connectivity index (χ2n) is 10.8. The van der Waals surface area contributed by atoms with Gasteiger partial charge in [-0.15, -0.1) is 0 Å². The number of nitrogens with zero attached hydrogens (tertiary/aromatic N) is 4. The fraction of sp³-hybridized carbons (Fsp3) is 0.419. The van der Waals surface area contributed by atoms with Gasteiger partial charge >= 0.3 is 0 Å². The molecule has 2 amide bonds. The molecule has 8 nitrogen and oxygen atoms in total. The van der Waals surface area contributed by atoms with Gasteiger partial charge < -0.3 is 14.4 Å². The molecule has 0 radical (unpaired) electrons. The van der Waals surface area contributed by atoms with Crippen molar-refractivity contribution in [3.8, 4) is 0 Å². The van der Waals surface area contributed by atoms with Crippen molar-refractivity contribution in [1.29, 1.82) is 0 Å². The zero-order valence-corrected chi connectivity index (χ0v) is 22.9. The summed E-state index contributed by atoms with van der Waals surface area (Å²) in [5, 5.41) is 11.0. The van der Waals surface area contributed by atoms with Gasteiger partial charge in [0.1, 0.15) is 6.54 Å². The van der Waals surface area contributed by atoms with Gasteiger partial charge in [0.15, 0.2) is 0 Å². The quantitative estimate of drug-likeness (QED) is 0.228. The van der Waals surface area contributed by atoms with Crippen molar-refractivity contribution in [2.45, 2.75) is 65.1 Å². The Kier molecular flexibility index (Phi) is 9.52. The lowest BCUT2D eigenvalue weighted by atomic mass is 9.94. The van der Waals surface area contributed by atoms with E-state index in [0.29, 0.717) is 18.7 Å². The highest BCUT2D eigenvalue weighted by Gasteiger charge is 2.29. The number of hydrogen-bond acceptors (Lipinski definition) is 4. The summed E-state index contributed by atoms with van der Waals surface area (Å²) >= 11 is 0. The van der Waals surface area contributed by atoms with Crippen molar-refractivity contribution in [3.63, 3.8) is 0 Å². The predicted octanol–water partition coefficient (Wildman–Crippen LogP) is 5.90. The monoisotopic (exact) mass is 530 g/mol. The van der Waals surface area contributed by atoms with E-state index in [2.05, 4.69) is 29.0 Å². The molecule has 0 aliphatic heterocycles. The van der Waals surface area contributed by atoms with Gasteiger partial charge in [-0.3, -0.25) is 19.7 Å². The molecular formula is C31H38N4O4. The lowest BCUT2D eigenvalue weighted by Gasteiger charge is -2.36. The van der Waals surface area contributed by atoms with Crippen molar-refractivity contribution in [2.75, 3.05) is 13.1 Å². The molecule has 1 aliphatic rings. The molecule has 0 bridgehead atoms. The number of nitro groups is 1. The molecule has 1 aliphatic carbocycles. The molecule has 0 unspecified atom stereocenters. The Balaban J connectivity index is 1.55. The number of hydrogen-bond donors (Lipinski definition) is 0. The van der Waals surface area contributed by atoms with Gasteiger partial charge in [0.2, 0.25) is 5.91 Å². The fourth-order valence-corrected chi connectivity index (χ4v) is 5.34. The van der Waals surface area contributed by atoms with Crippen LogP contribution < -0.4 is 0 Å². The Labute approximate surface area is 230 Å². The summed E-state index contributed by atoms with van der Waals surface area (Å²) in [6.07, 6.45) is 7.35. The average Bonchev–Trinajstić information content (AvgIpc) is 3.38. The number of nitro benzene ring substituents is 1. The molecule has 3 aromatic rings. The Hall–Kier alpha value is -3.94. The molecule has 206 valence electrons. The lowest BCUT2D eigenvalue weighted by molar-refractivity contribution is -0.384. The van der Waals surface area contributed by atoms with Gasteiger partial charge in [0.25, 0.3) is 11.6 Å². The highest BCUT2D eigenvalue weighted by atomic mass is 16.6. The molecule has 0 N–H and O–H groups in total. The minimum absolute atomic E-state index is 0.0239. The first kappa shape index (κ1) is 28.1. The molecular weight excluding hydrogens is 492 g/mol. The second kappa shape index (κ2) is 13.2. The van der Waals surface area contributed by atoms with E-state index in [0.717, 1.165) is 37.9 Å². The van der Waals surface area contributed by atoms with E-state index in [4.69, 9.17) is 0 Å². The lowest BCUT2D eigenvalue weighted by Crippen LogP contribution is -2.48. The number of aromatic nitrogens is 1. The van der Waals surface area contributed by atoms with E-state index in [1.54, 1.807) is 4.90 Å². The number of amides is 2. The normalized spacial score (nSPS) is 13.8. The van der Waals surface area contributed by atoms with Crippen LogP contribution in [-0.2, 0) is 17.9 Å². The third-order valence-electron chi connectivity index (χ3n) is 7.31. The molecule has 39 heavy (non-hydrogen) atoms. The van der Waals surface area contributed by atoms with Crippen LogP contribution in [-0.4, -0.2) is 50.2 Å². The van der Waals surface area contributed by atoms with E-state index < -0.39 is 4.92 Å². The maximum absolute atomic E-state index is 13.9. The molecule has 1 heterocycles. The van der Waals surface area contributed by atoms with E-state index >= 15 is 0 Å². The maximum atomic E-state index is 13.9. The largest absolute Gasteiger partial charge is 0.345 e. The summed E-state index contributed by atoms with van der Waals surface area (Å²) in [6, 6.07) is 20.1. The number of rotatable bonds is 11. The topological polar surface area (TPSA) is 88.7 Å². The van der Waals surface area contributed by atoms with Gasteiger partial charge in [0, 0.05) is 48.7 Å². The Bertz CT molecular complexity index is 1250. The fourth-order valence-electron chi connectivity index (χ4n) is 5.34. The van der Waals surface area contributed by atoms with E-state index in [1.165, 1.54) is 36.2 Å². The minimum atomic E-state index is -0.487. The zero-order valence-electron chi connectivity index (χ0n) is 22.9. The standard InChI is InChI=1S/C31H38N4O4/c1-24(2)20-33(31(37)26-15-17-28(18-16-26)35(38)39)23-30(36)34(27-12-7-4-8-13-27)22-29-14-9-19-32(29)21-25-10-5-3-6-11-25/h3,5-6,9-11,14-19,24,27H,4,7-8,12-13,20-23H2,1-2H3. The number of carbonyl (C=O) groups excluding carboxylic acids is 2. The number of carbonyl (C=O) groups is 2. The van der Waals surface area contributed by atoms with Crippen molar-refractivity contribution in [3.05, 3.63) is 99.9 Å². The molecule has 1 saturated carbocycles. The van der Waals surface area contributed by atoms with Gasteiger partial charge in [0.05, 0.1) is 11.5 Å². The zero-order chi connectivity index (χ0) is 27.8. The Morgan fingerprint density at radius 3 is 2.31 bits per heavy atom. The minimum Gasteiger partial charge on any atom is -0.345 e. The SMILES string of the molecule is CC(C)CN(CC(=O)N(Cc1cccn1Cc1ccccc1)C1CCCCC1)C(=O)c1ccc([N+](=O)[O-])cc1. The second-order valence-corrected chi connectivity index (χ2v) is 10.8. The molecule has 0 atom stereocenters. The van der Waals surface area contributed by atoms with Gasteiger partial charge in [-0.05, 0) is 48.6 Å². The van der Waals surface area contributed by atoms with Crippen LogP contribution in [0.25, 0.3) is 0 Å². The summed E-state index contributed by atoms with van der Waals surface area (Å²) < 4.78 is 2.19. The molecule has 1 fully saturated rings. The van der Waals surface area contributed by atoms with Crippen molar-refractivity contribution in [1.82, 2.24) is 14.4 Å². The van der Waals surface area contributed by atoms with Crippen molar-refractivity contribution >= 4 is 17.5 Å². The van der Waals surface area contributed by atoms with Gasteiger partial charge in [-0.25, -0.2) is 0 Å². The molecule has 4 rings (SSSR count). The first-order chi connectivity index (χ1) is 18.8. The van der Waals surface area contributed by atoms with E-state index in [-0.39, 0.29) is 36.0 Å². The molecule has 1 aromatic heterocycles. The van der Waals surface area contributed by atoms with Crippen LogP contribution in [0.3, 0.4) is 0 Å². The van der Waals surface area contributed by atoms with Crippen LogP contribution in [0.1, 0.15) is 67.6 Å². The smallest absolute Gasteiger partial charge is 0.269 e. The van der Waals surface area contributed by atoms with E-state index in [9.17, 15) is 19.7 Å². The average molecular weight is 531 g/mol.